The van der Waals surface area contributed by atoms with Crippen LogP contribution in [0.25, 0.3) is 0 Å². The number of nitrogens with one attached hydrogen (secondary N) is 3. The van der Waals surface area contributed by atoms with Gasteiger partial charge in [0.15, 0.2) is 15.5 Å². The first-order chi connectivity index (χ1) is 10.9. The molecule has 23 heavy (non-hydrogen) atoms. The second-order valence-corrected chi connectivity index (χ2v) is 6.67. The number of amides is 1. The van der Waals surface area contributed by atoms with Gasteiger partial charge in [0.25, 0.3) is 0 Å². The summed E-state index contributed by atoms with van der Waals surface area (Å²) in [5.74, 6) is -0.839. The van der Waals surface area contributed by atoms with E-state index in [0.717, 1.165) is 4.88 Å². The minimum Gasteiger partial charge on any atom is -0.465 e. The van der Waals surface area contributed by atoms with Gasteiger partial charge in [-0.05, 0) is 53.3 Å². The predicted molar refractivity (Wildman–Crippen MR) is 93.6 cm³/mol. The number of hydrazine groups is 1. The van der Waals surface area contributed by atoms with Crippen LogP contribution in [0.5, 0.6) is 0 Å². The zero-order valence-electron chi connectivity index (χ0n) is 12.1. The van der Waals surface area contributed by atoms with Crippen molar-refractivity contribution in [2.75, 3.05) is 12.4 Å². The Hall–Kier alpha value is -1.91. The summed E-state index contributed by atoms with van der Waals surface area (Å²) in [5.41, 5.74) is 5.29. The normalized spacial score (nSPS) is 10.0. The zero-order valence-corrected chi connectivity index (χ0v) is 15.3. The Kier molecular flexibility index (Phi) is 5.74. The van der Waals surface area contributed by atoms with Gasteiger partial charge in [-0.15, -0.1) is 11.3 Å². The van der Waals surface area contributed by atoms with Gasteiger partial charge in [0.2, 0.25) is 0 Å². The van der Waals surface area contributed by atoms with E-state index in [4.69, 9.17) is 21.4 Å². The number of thiocarbonyl (C=S) groups is 1. The lowest BCUT2D eigenvalue weighted by Crippen LogP contribution is -2.43. The number of halogens is 1. The maximum Gasteiger partial charge on any atom is 0.340 e. The summed E-state index contributed by atoms with van der Waals surface area (Å²) in [6.07, 6.45) is 0. The second-order valence-electron chi connectivity index (χ2n) is 4.23. The molecule has 2 aromatic heterocycles. The number of hydrogen-bond acceptors (Lipinski definition) is 6. The van der Waals surface area contributed by atoms with Gasteiger partial charge in [0, 0.05) is 4.88 Å². The van der Waals surface area contributed by atoms with Crippen molar-refractivity contribution in [2.45, 2.75) is 6.92 Å². The van der Waals surface area contributed by atoms with Crippen LogP contribution >= 0.6 is 39.5 Å². The highest BCUT2D eigenvalue weighted by Gasteiger charge is 2.17. The number of rotatable bonds is 3. The first kappa shape index (κ1) is 17.4. The fraction of sp³-hybridized carbons (Fsp3) is 0.154. The van der Waals surface area contributed by atoms with Gasteiger partial charge in [-0.3, -0.25) is 15.6 Å². The molecule has 0 saturated carbocycles. The molecule has 2 aromatic rings. The van der Waals surface area contributed by atoms with Crippen LogP contribution in [0.3, 0.4) is 0 Å². The first-order valence-electron chi connectivity index (χ1n) is 6.22. The summed E-state index contributed by atoms with van der Waals surface area (Å²) in [5, 5.41) is 3.49. The van der Waals surface area contributed by atoms with E-state index < -0.39 is 11.9 Å². The molecule has 1 amide bonds. The van der Waals surface area contributed by atoms with Crippen molar-refractivity contribution < 1.29 is 18.7 Å². The number of thiophene rings is 1. The van der Waals surface area contributed by atoms with E-state index in [1.807, 2.05) is 6.92 Å². The van der Waals surface area contributed by atoms with Crippen molar-refractivity contribution in [3.63, 3.8) is 0 Å². The lowest BCUT2D eigenvalue weighted by Gasteiger charge is -2.10. The van der Waals surface area contributed by atoms with Gasteiger partial charge < -0.3 is 14.5 Å². The number of ether oxygens (including phenoxy) is 1. The molecular formula is C13H12BrN3O4S2. The van der Waals surface area contributed by atoms with Gasteiger partial charge in [-0.2, -0.15) is 0 Å². The second kappa shape index (κ2) is 7.57. The quantitative estimate of drug-likeness (QED) is 0.401. The average molecular weight is 418 g/mol. The summed E-state index contributed by atoms with van der Waals surface area (Å²) in [4.78, 5) is 24.4. The molecule has 0 bridgehead atoms. The van der Waals surface area contributed by atoms with Gasteiger partial charge in [-0.1, -0.05) is 0 Å². The fourth-order valence-electron chi connectivity index (χ4n) is 1.61. The van der Waals surface area contributed by atoms with Gasteiger partial charge in [0.05, 0.1) is 12.7 Å². The molecule has 0 unspecified atom stereocenters. The van der Waals surface area contributed by atoms with Crippen molar-refractivity contribution in [2.24, 2.45) is 0 Å². The molecule has 0 radical (unpaired) electrons. The predicted octanol–water partition coefficient (Wildman–Crippen LogP) is 2.83. The van der Waals surface area contributed by atoms with Crippen LogP contribution in [-0.2, 0) is 4.74 Å². The Bertz CT molecular complexity index is 756. The van der Waals surface area contributed by atoms with Gasteiger partial charge >= 0.3 is 11.9 Å². The van der Waals surface area contributed by atoms with E-state index in [2.05, 4.69) is 32.1 Å². The van der Waals surface area contributed by atoms with E-state index in [-0.39, 0.29) is 10.9 Å². The molecule has 0 fully saturated rings. The van der Waals surface area contributed by atoms with Crippen LogP contribution in [0.15, 0.2) is 27.3 Å². The number of hydrogen-bond donors (Lipinski definition) is 3. The molecule has 0 aromatic carbocycles. The summed E-state index contributed by atoms with van der Waals surface area (Å²) < 4.78 is 10.3. The molecule has 2 heterocycles. The maximum atomic E-state index is 11.8. The molecular weight excluding hydrogens is 406 g/mol. The molecule has 2 rings (SSSR count). The molecule has 10 heteroatoms. The van der Waals surface area contributed by atoms with Crippen LogP contribution in [0.1, 0.15) is 25.8 Å². The molecule has 0 aliphatic carbocycles. The number of methoxy groups -OCH3 is 1. The van der Waals surface area contributed by atoms with Crippen LogP contribution in [0.2, 0.25) is 0 Å². The summed E-state index contributed by atoms with van der Waals surface area (Å²) in [6, 6.07) is 4.80. The summed E-state index contributed by atoms with van der Waals surface area (Å²) >= 11 is 9.53. The largest absolute Gasteiger partial charge is 0.465 e. The molecule has 0 aliphatic rings. The van der Waals surface area contributed by atoms with E-state index in [1.54, 1.807) is 12.1 Å². The van der Waals surface area contributed by atoms with Crippen molar-refractivity contribution in [1.29, 1.82) is 0 Å². The Labute approximate surface area is 149 Å². The highest BCUT2D eigenvalue weighted by atomic mass is 79.9. The lowest BCUT2D eigenvalue weighted by atomic mass is 10.3. The van der Waals surface area contributed by atoms with Crippen molar-refractivity contribution in [3.8, 4) is 0 Å². The number of anilines is 1. The van der Waals surface area contributed by atoms with E-state index in [9.17, 15) is 9.59 Å². The fourth-order valence-corrected chi connectivity index (χ4v) is 3.04. The Morgan fingerprint density at radius 2 is 2.09 bits per heavy atom. The number of carbonyl (C=O) groups is 2. The van der Waals surface area contributed by atoms with Crippen molar-refractivity contribution in [3.05, 3.63) is 39.1 Å². The van der Waals surface area contributed by atoms with Gasteiger partial charge in [-0.25, -0.2) is 4.79 Å². The zero-order chi connectivity index (χ0) is 17.0. The molecule has 122 valence electrons. The Morgan fingerprint density at radius 1 is 1.35 bits per heavy atom. The Balaban J connectivity index is 1.95. The molecule has 0 spiro atoms. The minimum atomic E-state index is -0.490. The first-order valence-corrected chi connectivity index (χ1v) is 8.24. The third-order valence-corrected chi connectivity index (χ3v) is 4.17. The molecule has 0 aliphatic heterocycles. The molecule has 0 saturated heterocycles. The highest BCUT2D eigenvalue weighted by molar-refractivity contribution is 9.10. The van der Waals surface area contributed by atoms with Crippen LogP contribution in [0, 0.1) is 6.92 Å². The lowest BCUT2D eigenvalue weighted by molar-refractivity contribution is 0.0602. The third kappa shape index (κ3) is 4.53. The maximum absolute atomic E-state index is 11.8. The number of aryl methyl sites for hydroxylation is 1. The van der Waals surface area contributed by atoms with Crippen LogP contribution in [-0.4, -0.2) is 24.1 Å². The van der Waals surface area contributed by atoms with E-state index in [1.165, 1.54) is 24.5 Å². The SMILES string of the molecule is COC(=O)c1cc(C)sc1NC(=S)NNC(=O)c1ccc(Br)o1. The monoisotopic (exact) mass is 417 g/mol. The molecule has 3 N–H and O–H groups in total. The smallest absolute Gasteiger partial charge is 0.340 e. The highest BCUT2D eigenvalue weighted by Crippen LogP contribution is 2.28. The van der Waals surface area contributed by atoms with E-state index >= 15 is 0 Å². The Morgan fingerprint density at radius 3 is 2.70 bits per heavy atom. The van der Waals surface area contributed by atoms with Crippen LogP contribution in [0.4, 0.5) is 5.00 Å². The van der Waals surface area contributed by atoms with Crippen LogP contribution < -0.4 is 16.2 Å². The van der Waals surface area contributed by atoms with Gasteiger partial charge in [0.1, 0.15) is 5.00 Å². The van der Waals surface area contributed by atoms with E-state index in [0.29, 0.717) is 15.2 Å². The standard InChI is InChI=1S/C13H12BrN3O4S2/c1-6-5-7(12(19)20-2)11(23-6)15-13(22)17-16-10(18)8-3-4-9(14)21-8/h3-5H,1-2H3,(H,16,18)(H2,15,17,22). The summed E-state index contributed by atoms with van der Waals surface area (Å²) in [7, 11) is 1.30. The minimum absolute atomic E-state index is 0.120. The molecule has 0 atom stereocenters. The van der Waals surface area contributed by atoms with Crippen molar-refractivity contribution in [1.82, 2.24) is 10.9 Å². The number of carbonyl (C=O) groups excluding carboxylic acids is 2. The molecule has 7 nitrogen and oxygen atoms in total. The average Bonchev–Trinajstić information content (AvgIpc) is 3.10. The topological polar surface area (TPSA) is 92.6 Å². The van der Waals surface area contributed by atoms with Crippen molar-refractivity contribution >= 4 is 61.5 Å². The summed E-state index contributed by atoms with van der Waals surface area (Å²) in [6.45, 7) is 1.86. The number of esters is 1. The number of furan rings is 1. The third-order valence-electron chi connectivity index (χ3n) is 2.57.